The van der Waals surface area contributed by atoms with Crippen LogP contribution in [0.3, 0.4) is 0 Å². The van der Waals surface area contributed by atoms with E-state index in [0.29, 0.717) is 30.5 Å². The summed E-state index contributed by atoms with van der Waals surface area (Å²) < 4.78 is 18.7. The van der Waals surface area contributed by atoms with Crippen LogP contribution in [0.5, 0.6) is 0 Å². The highest BCUT2D eigenvalue weighted by Crippen LogP contribution is 2.30. The second-order valence-corrected chi connectivity index (χ2v) is 6.61. The van der Waals surface area contributed by atoms with Crippen LogP contribution in [0.15, 0.2) is 42.5 Å². The topological polar surface area (TPSA) is 44.8 Å². The lowest BCUT2D eigenvalue weighted by molar-refractivity contribution is 0.123. The van der Waals surface area contributed by atoms with Gasteiger partial charge in [0.05, 0.1) is 24.6 Å². The molecule has 1 heterocycles. The molecule has 2 amide bonds. The maximum absolute atomic E-state index is 13.3. The number of nitrogens with one attached hydrogen (secondary N) is 1. The maximum atomic E-state index is 13.3. The number of anilines is 2. The van der Waals surface area contributed by atoms with Crippen LogP contribution in [0.25, 0.3) is 0 Å². The van der Waals surface area contributed by atoms with Gasteiger partial charge in [-0.3, -0.25) is 0 Å². The molecule has 1 aliphatic heterocycles. The van der Waals surface area contributed by atoms with E-state index in [1.54, 1.807) is 31.3 Å². The Morgan fingerprint density at radius 1 is 1.27 bits per heavy atom. The molecule has 0 aliphatic carbocycles. The van der Waals surface area contributed by atoms with Gasteiger partial charge in [-0.25, -0.2) is 9.18 Å². The van der Waals surface area contributed by atoms with Gasteiger partial charge in [0.15, 0.2) is 0 Å². The van der Waals surface area contributed by atoms with Crippen LogP contribution in [0, 0.1) is 5.82 Å². The van der Waals surface area contributed by atoms with Crippen molar-refractivity contribution in [3.05, 3.63) is 58.9 Å². The molecular weight excluding hydrogens is 357 g/mol. The normalized spacial score (nSPS) is 14.2. The third-order valence-electron chi connectivity index (χ3n) is 4.21. The number of ether oxygens (including phenoxy) is 1. The number of amides is 2. The zero-order valence-electron chi connectivity index (χ0n) is 14.5. The van der Waals surface area contributed by atoms with Gasteiger partial charge in [-0.15, -0.1) is 0 Å². The molecule has 3 rings (SSSR count). The quantitative estimate of drug-likeness (QED) is 0.876. The number of halogens is 2. The van der Waals surface area contributed by atoms with Gasteiger partial charge in [0.1, 0.15) is 5.82 Å². The molecule has 7 heteroatoms. The highest BCUT2D eigenvalue weighted by Gasteiger charge is 2.18. The van der Waals surface area contributed by atoms with Gasteiger partial charge in [0, 0.05) is 31.7 Å². The summed E-state index contributed by atoms with van der Waals surface area (Å²) in [6.45, 7) is 3.11. The summed E-state index contributed by atoms with van der Waals surface area (Å²) in [7, 11) is 1.67. The first-order valence-corrected chi connectivity index (χ1v) is 8.79. The molecule has 1 fully saturated rings. The molecule has 5 nitrogen and oxygen atoms in total. The molecule has 0 atom stereocenters. The third-order valence-corrected chi connectivity index (χ3v) is 4.44. The summed E-state index contributed by atoms with van der Waals surface area (Å²) in [5.74, 6) is -0.319. The molecule has 0 bridgehead atoms. The lowest BCUT2D eigenvalue weighted by Crippen LogP contribution is -2.37. The second-order valence-electron chi connectivity index (χ2n) is 6.18. The third kappa shape index (κ3) is 4.65. The largest absolute Gasteiger partial charge is 0.378 e. The SMILES string of the molecule is CN(Cc1cccc(F)c1)C(=O)Nc1cc(Cl)ccc1N1CCOCC1. The second kappa shape index (κ2) is 8.38. The average Bonchev–Trinajstić information content (AvgIpc) is 2.62. The molecule has 1 N–H and O–H groups in total. The molecule has 1 saturated heterocycles. The molecule has 0 saturated carbocycles. The van der Waals surface area contributed by atoms with Gasteiger partial charge >= 0.3 is 6.03 Å². The first-order valence-electron chi connectivity index (χ1n) is 8.42. The lowest BCUT2D eigenvalue weighted by atomic mass is 10.2. The van der Waals surface area contributed by atoms with E-state index in [-0.39, 0.29) is 11.8 Å². The fraction of sp³-hybridized carbons (Fsp3) is 0.316. The van der Waals surface area contributed by atoms with Gasteiger partial charge in [0.2, 0.25) is 0 Å². The minimum atomic E-state index is -0.319. The Kier molecular flexibility index (Phi) is 5.96. The number of rotatable bonds is 4. The Bertz CT molecular complexity index is 781. The number of morpholine rings is 1. The monoisotopic (exact) mass is 377 g/mol. The Morgan fingerprint density at radius 2 is 2.04 bits per heavy atom. The van der Waals surface area contributed by atoms with E-state index in [4.69, 9.17) is 16.3 Å². The highest BCUT2D eigenvalue weighted by atomic mass is 35.5. The van der Waals surface area contributed by atoms with Crippen LogP contribution in [0.2, 0.25) is 5.02 Å². The Hall–Kier alpha value is -2.31. The standard InChI is InChI=1S/C19H21ClFN3O2/c1-23(13-14-3-2-4-16(21)11-14)19(25)22-17-12-15(20)5-6-18(17)24-7-9-26-10-8-24/h2-6,11-12H,7-10,13H2,1H3,(H,22,25). The molecule has 0 spiro atoms. The predicted octanol–water partition coefficient (Wildman–Crippen LogP) is 3.98. The van der Waals surface area contributed by atoms with Crippen LogP contribution < -0.4 is 10.2 Å². The lowest BCUT2D eigenvalue weighted by Gasteiger charge is -2.31. The summed E-state index contributed by atoms with van der Waals surface area (Å²) in [6.07, 6.45) is 0. The van der Waals surface area contributed by atoms with E-state index in [1.807, 2.05) is 6.07 Å². The van der Waals surface area contributed by atoms with Crippen molar-refractivity contribution >= 4 is 29.0 Å². The molecule has 0 aromatic heterocycles. The van der Waals surface area contributed by atoms with Crippen molar-refractivity contribution in [2.45, 2.75) is 6.54 Å². The number of hydrogen-bond acceptors (Lipinski definition) is 3. The first kappa shape index (κ1) is 18.5. The molecule has 26 heavy (non-hydrogen) atoms. The fourth-order valence-corrected chi connectivity index (χ4v) is 3.05. The van der Waals surface area contributed by atoms with Crippen molar-refractivity contribution in [3.63, 3.8) is 0 Å². The first-order chi connectivity index (χ1) is 12.5. The van der Waals surface area contributed by atoms with Crippen LogP contribution in [-0.4, -0.2) is 44.3 Å². The van der Waals surface area contributed by atoms with E-state index in [0.717, 1.165) is 24.3 Å². The van der Waals surface area contributed by atoms with E-state index in [9.17, 15) is 9.18 Å². The summed E-state index contributed by atoms with van der Waals surface area (Å²) in [5, 5.41) is 3.46. The Labute approximate surface area is 157 Å². The molecular formula is C19H21ClFN3O2. The van der Waals surface area contributed by atoms with E-state index in [1.165, 1.54) is 17.0 Å². The smallest absolute Gasteiger partial charge is 0.321 e. The van der Waals surface area contributed by atoms with E-state index in [2.05, 4.69) is 10.2 Å². The van der Waals surface area contributed by atoms with Crippen LogP contribution in [-0.2, 0) is 11.3 Å². The maximum Gasteiger partial charge on any atom is 0.321 e. The number of nitrogens with zero attached hydrogens (tertiary/aromatic N) is 2. The van der Waals surface area contributed by atoms with Gasteiger partial charge < -0.3 is 19.9 Å². The highest BCUT2D eigenvalue weighted by molar-refractivity contribution is 6.31. The summed E-state index contributed by atoms with van der Waals surface area (Å²) in [4.78, 5) is 16.2. The van der Waals surface area contributed by atoms with Crippen molar-refractivity contribution in [1.29, 1.82) is 0 Å². The minimum Gasteiger partial charge on any atom is -0.378 e. The number of urea groups is 1. The van der Waals surface area contributed by atoms with Crippen molar-refractivity contribution < 1.29 is 13.9 Å². The van der Waals surface area contributed by atoms with Crippen molar-refractivity contribution in [3.8, 4) is 0 Å². The minimum absolute atomic E-state index is 0.286. The molecule has 2 aromatic rings. The van der Waals surface area contributed by atoms with Crippen LogP contribution >= 0.6 is 11.6 Å². The van der Waals surface area contributed by atoms with Crippen molar-refractivity contribution in [1.82, 2.24) is 4.90 Å². The van der Waals surface area contributed by atoms with Crippen molar-refractivity contribution in [2.24, 2.45) is 0 Å². The number of carbonyl (C=O) groups is 1. The van der Waals surface area contributed by atoms with Crippen molar-refractivity contribution in [2.75, 3.05) is 43.6 Å². The summed E-state index contributed by atoms with van der Waals surface area (Å²) in [6, 6.07) is 11.4. The number of benzene rings is 2. The van der Waals surface area contributed by atoms with E-state index >= 15 is 0 Å². The summed E-state index contributed by atoms with van der Waals surface area (Å²) in [5.41, 5.74) is 2.28. The van der Waals surface area contributed by atoms with Crippen LogP contribution in [0.4, 0.5) is 20.6 Å². The van der Waals surface area contributed by atoms with Crippen LogP contribution in [0.1, 0.15) is 5.56 Å². The zero-order chi connectivity index (χ0) is 18.5. The Balaban J connectivity index is 1.72. The zero-order valence-corrected chi connectivity index (χ0v) is 15.3. The average molecular weight is 378 g/mol. The molecule has 2 aromatic carbocycles. The molecule has 1 aliphatic rings. The van der Waals surface area contributed by atoms with Gasteiger partial charge in [-0.05, 0) is 35.9 Å². The van der Waals surface area contributed by atoms with Gasteiger partial charge in [-0.1, -0.05) is 23.7 Å². The fourth-order valence-electron chi connectivity index (χ4n) is 2.88. The summed E-state index contributed by atoms with van der Waals surface area (Å²) >= 11 is 6.12. The molecule has 0 unspecified atom stereocenters. The van der Waals surface area contributed by atoms with Gasteiger partial charge in [-0.2, -0.15) is 0 Å². The van der Waals surface area contributed by atoms with Gasteiger partial charge in [0.25, 0.3) is 0 Å². The Morgan fingerprint density at radius 3 is 2.77 bits per heavy atom. The molecule has 0 radical (unpaired) electrons. The number of hydrogen-bond donors (Lipinski definition) is 1. The predicted molar refractivity (Wildman–Crippen MR) is 101 cm³/mol. The molecule has 138 valence electrons. The number of carbonyl (C=O) groups excluding carboxylic acids is 1. The van der Waals surface area contributed by atoms with E-state index < -0.39 is 0 Å².